The van der Waals surface area contributed by atoms with Crippen molar-refractivity contribution in [2.45, 2.75) is 0 Å². The van der Waals surface area contributed by atoms with Crippen LogP contribution in [-0.2, 0) is 0 Å². The minimum Gasteiger partial charge on any atom is -0.456 e. The molecular formula is C51H32N2O2. The maximum Gasteiger partial charge on any atom is 0.227 e. The Morgan fingerprint density at radius 3 is 1.91 bits per heavy atom. The summed E-state index contributed by atoms with van der Waals surface area (Å²) in [5.41, 5.74) is 11.8. The van der Waals surface area contributed by atoms with Gasteiger partial charge in [-0.15, -0.1) is 0 Å². The van der Waals surface area contributed by atoms with Gasteiger partial charge in [0, 0.05) is 39.0 Å². The minimum atomic E-state index is 0.565. The van der Waals surface area contributed by atoms with E-state index < -0.39 is 0 Å². The maximum absolute atomic E-state index is 6.37. The van der Waals surface area contributed by atoms with Gasteiger partial charge < -0.3 is 13.7 Å². The molecular weight excluding hydrogens is 673 g/mol. The van der Waals surface area contributed by atoms with Gasteiger partial charge in [0.05, 0.1) is 0 Å². The van der Waals surface area contributed by atoms with E-state index in [4.69, 9.17) is 13.8 Å². The van der Waals surface area contributed by atoms with Crippen molar-refractivity contribution in [3.05, 3.63) is 194 Å². The van der Waals surface area contributed by atoms with Crippen molar-refractivity contribution >= 4 is 71.6 Å². The standard InChI is InChI=1S/C51H32N2O2/c1-2-12-36-30-41(28-22-33(36)10-1)53(40-15-7-14-37(31-40)43-18-8-13-34-11-3-4-16-42(34)43)39-26-23-35(24-27-39)44-19-9-21-48-50(44)52-51(55-48)38-25-29-46-45-17-5-6-20-47(45)54-49(46)32-38/h1-32H. The van der Waals surface area contributed by atoms with Gasteiger partial charge in [-0.25, -0.2) is 4.98 Å². The van der Waals surface area contributed by atoms with Crippen LogP contribution in [0, 0.1) is 0 Å². The quantitative estimate of drug-likeness (QED) is 0.173. The molecule has 0 unspecified atom stereocenters. The highest BCUT2D eigenvalue weighted by atomic mass is 16.3. The third-order valence-corrected chi connectivity index (χ3v) is 10.7. The first kappa shape index (κ1) is 31.1. The number of para-hydroxylation sites is 2. The first-order valence-electron chi connectivity index (χ1n) is 18.5. The molecule has 0 aliphatic heterocycles. The molecule has 0 aliphatic rings. The molecule has 4 nitrogen and oxygen atoms in total. The van der Waals surface area contributed by atoms with Crippen LogP contribution in [0.25, 0.3) is 88.3 Å². The number of oxazole rings is 1. The fourth-order valence-corrected chi connectivity index (χ4v) is 8.01. The SMILES string of the molecule is c1cc(-c2cccc3ccccc23)cc(N(c2ccc(-c3cccc4oc(-c5ccc6c(c5)oc5ccccc56)nc34)cc2)c2ccc3ccccc3c2)c1. The number of nitrogens with zero attached hydrogens (tertiary/aromatic N) is 2. The molecule has 0 atom stereocenters. The van der Waals surface area contributed by atoms with Crippen LogP contribution < -0.4 is 4.90 Å². The first-order chi connectivity index (χ1) is 27.2. The van der Waals surface area contributed by atoms with E-state index in [0.717, 1.165) is 66.8 Å². The van der Waals surface area contributed by atoms with E-state index >= 15 is 0 Å². The summed E-state index contributed by atoms with van der Waals surface area (Å²) in [4.78, 5) is 7.38. The zero-order valence-corrected chi connectivity index (χ0v) is 29.7. The van der Waals surface area contributed by atoms with Crippen molar-refractivity contribution < 1.29 is 8.83 Å². The first-order valence-corrected chi connectivity index (χ1v) is 18.5. The summed E-state index contributed by atoms with van der Waals surface area (Å²) in [6, 6.07) is 68.3. The van der Waals surface area contributed by atoms with Crippen LogP contribution in [-0.4, -0.2) is 4.98 Å². The summed E-state index contributed by atoms with van der Waals surface area (Å²) in [5.74, 6) is 0.565. The summed E-state index contributed by atoms with van der Waals surface area (Å²) >= 11 is 0. The fraction of sp³-hybridized carbons (Fsp3) is 0. The lowest BCUT2D eigenvalue weighted by Crippen LogP contribution is -2.10. The Hall–Kier alpha value is -7.43. The number of anilines is 3. The maximum atomic E-state index is 6.37. The molecule has 9 aromatic carbocycles. The molecule has 0 saturated heterocycles. The van der Waals surface area contributed by atoms with Crippen molar-refractivity contribution in [3.8, 4) is 33.7 Å². The van der Waals surface area contributed by atoms with Crippen LogP contribution in [0.2, 0.25) is 0 Å². The highest BCUT2D eigenvalue weighted by molar-refractivity contribution is 6.06. The molecule has 258 valence electrons. The van der Waals surface area contributed by atoms with Crippen molar-refractivity contribution in [1.82, 2.24) is 4.98 Å². The van der Waals surface area contributed by atoms with E-state index in [-0.39, 0.29) is 0 Å². The minimum absolute atomic E-state index is 0.565. The Labute approximate surface area is 317 Å². The molecule has 0 radical (unpaired) electrons. The molecule has 0 bridgehead atoms. The van der Waals surface area contributed by atoms with Gasteiger partial charge in [0.2, 0.25) is 5.89 Å². The molecule has 0 aliphatic carbocycles. The number of fused-ring (bicyclic) bond motifs is 6. The number of benzene rings is 9. The molecule has 0 fully saturated rings. The third-order valence-electron chi connectivity index (χ3n) is 10.7. The van der Waals surface area contributed by atoms with Gasteiger partial charge in [-0.05, 0) is 105 Å². The lowest BCUT2D eigenvalue weighted by molar-refractivity contribution is 0.619. The summed E-state index contributed by atoms with van der Waals surface area (Å²) < 4.78 is 12.5. The third kappa shape index (κ3) is 5.34. The van der Waals surface area contributed by atoms with Crippen LogP contribution in [0.5, 0.6) is 0 Å². The van der Waals surface area contributed by atoms with E-state index in [9.17, 15) is 0 Å². The Bertz CT molecular complexity index is 3220. The Morgan fingerprint density at radius 1 is 0.345 bits per heavy atom. The largest absolute Gasteiger partial charge is 0.456 e. The predicted octanol–water partition coefficient (Wildman–Crippen LogP) is 14.5. The van der Waals surface area contributed by atoms with Gasteiger partial charge in [-0.2, -0.15) is 0 Å². The van der Waals surface area contributed by atoms with Crippen molar-refractivity contribution in [1.29, 1.82) is 0 Å². The van der Waals surface area contributed by atoms with E-state index in [1.165, 1.54) is 32.7 Å². The smallest absolute Gasteiger partial charge is 0.227 e. The molecule has 2 aromatic heterocycles. The van der Waals surface area contributed by atoms with Crippen LogP contribution in [0.4, 0.5) is 17.1 Å². The average molecular weight is 705 g/mol. The van der Waals surface area contributed by atoms with E-state index in [2.05, 4.69) is 163 Å². The monoisotopic (exact) mass is 704 g/mol. The van der Waals surface area contributed by atoms with E-state index in [1.807, 2.05) is 36.4 Å². The number of furan rings is 1. The van der Waals surface area contributed by atoms with Crippen molar-refractivity contribution in [2.24, 2.45) is 0 Å². The summed E-state index contributed by atoms with van der Waals surface area (Å²) in [6.07, 6.45) is 0. The average Bonchev–Trinajstić information content (AvgIpc) is 3.86. The second-order valence-corrected chi connectivity index (χ2v) is 14.0. The number of rotatable bonds is 6. The number of aromatic nitrogens is 1. The van der Waals surface area contributed by atoms with Gasteiger partial charge in [-0.3, -0.25) is 0 Å². The van der Waals surface area contributed by atoms with Crippen LogP contribution >= 0.6 is 0 Å². The molecule has 0 amide bonds. The highest BCUT2D eigenvalue weighted by Crippen LogP contribution is 2.41. The normalized spacial score (nSPS) is 11.6. The Morgan fingerprint density at radius 2 is 1.00 bits per heavy atom. The van der Waals surface area contributed by atoms with Crippen LogP contribution in [0.15, 0.2) is 203 Å². The topological polar surface area (TPSA) is 42.4 Å². The summed E-state index contributed by atoms with van der Waals surface area (Å²) in [6.45, 7) is 0. The number of hydrogen-bond donors (Lipinski definition) is 0. The molecule has 11 rings (SSSR count). The molecule has 55 heavy (non-hydrogen) atoms. The van der Waals surface area contributed by atoms with Crippen LogP contribution in [0.1, 0.15) is 0 Å². The highest BCUT2D eigenvalue weighted by Gasteiger charge is 2.18. The van der Waals surface area contributed by atoms with Crippen molar-refractivity contribution in [3.63, 3.8) is 0 Å². The summed E-state index contributed by atoms with van der Waals surface area (Å²) in [7, 11) is 0. The summed E-state index contributed by atoms with van der Waals surface area (Å²) in [5, 5.41) is 7.06. The van der Waals surface area contributed by atoms with Crippen molar-refractivity contribution in [2.75, 3.05) is 4.90 Å². The molecule has 0 saturated carbocycles. The molecule has 2 heterocycles. The second-order valence-electron chi connectivity index (χ2n) is 14.0. The lowest BCUT2D eigenvalue weighted by Gasteiger charge is -2.26. The van der Waals surface area contributed by atoms with Crippen LogP contribution in [0.3, 0.4) is 0 Å². The van der Waals surface area contributed by atoms with Gasteiger partial charge in [0.1, 0.15) is 16.7 Å². The van der Waals surface area contributed by atoms with Gasteiger partial charge in [0.25, 0.3) is 0 Å². The Balaban J connectivity index is 0.995. The van der Waals surface area contributed by atoms with Gasteiger partial charge in [0.15, 0.2) is 5.58 Å². The lowest BCUT2D eigenvalue weighted by atomic mass is 9.97. The van der Waals surface area contributed by atoms with Gasteiger partial charge in [-0.1, -0.05) is 127 Å². The van der Waals surface area contributed by atoms with E-state index in [1.54, 1.807) is 0 Å². The molecule has 0 spiro atoms. The van der Waals surface area contributed by atoms with E-state index in [0.29, 0.717) is 5.89 Å². The molecule has 0 N–H and O–H groups in total. The Kier molecular flexibility index (Phi) is 7.14. The zero-order valence-electron chi connectivity index (χ0n) is 29.7. The van der Waals surface area contributed by atoms with Gasteiger partial charge >= 0.3 is 0 Å². The molecule has 11 aromatic rings. The zero-order chi connectivity index (χ0) is 36.3. The predicted molar refractivity (Wildman–Crippen MR) is 227 cm³/mol. The fourth-order valence-electron chi connectivity index (χ4n) is 8.01. The second kappa shape index (κ2) is 12.6. The number of hydrogen-bond acceptors (Lipinski definition) is 4. The molecule has 4 heteroatoms.